The first-order chi connectivity index (χ1) is 6.56. The summed E-state index contributed by atoms with van der Waals surface area (Å²) in [7, 11) is 4.12. The number of nitrogens with one attached hydrogen (secondary N) is 1. The Hall–Kier alpha value is -0.770. The molecular weight excluding hydrogens is 176 g/mol. The van der Waals surface area contributed by atoms with E-state index in [0.29, 0.717) is 12.0 Å². The van der Waals surface area contributed by atoms with Crippen LogP contribution < -0.4 is 11.1 Å². The van der Waals surface area contributed by atoms with Crippen molar-refractivity contribution in [1.29, 1.82) is 0 Å². The molecule has 0 aromatic carbocycles. The van der Waals surface area contributed by atoms with Crippen molar-refractivity contribution in [2.75, 3.05) is 27.2 Å². The molecule has 4 nitrogen and oxygen atoms in total. The van der Waals surface area contributed by atoms with Crippen molar-refractivity contribution in [3.63, 3.8) is 0 Å². The number of hydrogen-bond donors (Lipinski definition) is 2. The quantitative estimate of drug-likeness (QED) is 0.376. The van der Waals surface area contributed by atoms with Gasteiger partial charge in [-0.3, -0.25) is 4.99 Å². The van der Waals surface area contributed by atoms with Gasteiger partial charge in [0.05, 0.1) is 0 Å². The molecule has 0 bridgehead atoms. The van der Waals surface area contributed by atoms with Gasteiger partial charge in [0.1, 0.15) is 0 Å². The lowest BCUT2D eigenvalue weighted by molar-refractivity contribution is 0.403. The van der Waals surface area contributed by atoms with Crippen LogP contribution in [0.2, 0.25) is 0 Å². The van der Waals surface area contributed by atoms with Crippen LogP contribution >= 0.6 is 0 Å². The minimum Gasteiger partial charge on any atom is -0.370 e. The van der Waals surface area contributed by atoms with E-state index in [1.54, 1.807) is 0 Å². The number of aliphatic imine (C=N–C) groups is 1. The van der Waals surface area contributed by atoms with Gasteiger partial charge in [-0.15, -0.1) is 0 Å². The summed E-state index contributed by atoms with van der Waals surface area (Å²) in [5.74, 6) is 0.568. The molecule has 0 aliphatic rings. The molecule has 0 aliphatic heterocycles. The summed E-state index contributed by atoms with van der Waals surface area (Å²) in [5.41, 5.74) is 5.69. The molecule has 0 aliphatic carbocycles. The predicted molar refractivity (Wildman–Crippen MR) is 62.5 cm³/mol. The number of hydrogen-bond acceptors (Lipinski definition) is 2. The van der Waals surface area contributed by atoms with Crippen molar-refractivity contribution in [2.24, 2.45) is 10.7 Å². The van der Waals surface area contributed by atoms with E-state index in [-0.39, 0.29) is 0 Å². The van der Waals surface area contributed by atoms with Crippen molar-refractivity contribution < 1.29 is 0 Å². The summed E-state index contributed by atoms with van der Waals surface area (Å²) in [5, 5.41) is 3.13. The van der Waals surface area contributed by atoms with Crippen molar-refractivity contribution in [3.05, 3.63) is 0 Å². The molecule has 4 heteroatoms. The maximum Gasteiger partial charge on any atom is 0.188 e. The van der Waals surface area contributed by atoms with Gasteiger partial charge in [0.25, 0.3) is 0 Å². The lowest BCUT2D eigenvalue weighted by Crippen LogP contribution is -2.38. The fourth-order valence-corrected chi connectivity index (χ4v) is 0.987. The normalized spacial score (nSPS) is 14.5. The molecule has 0 saturated heterocycles. The Bertz CT molecular complexity index is 166. The molecule has 0 amide bonds. The van der Waals surface area contributed by atoms with Crippen LogP contribution in [0.15, 0.2) is 4.99 Å². The van der Waals surface area contributed by atoms with Crippen LogP contribution in [-0.2, 0) is 0 Å². The summed E-state index contributed by atoms with van der Waals surface area (Å²) in [6.07, 6.45) is 2.11. The van der Waals surface area contributed by atoms with E-state index in [1.165, 1.54) is 0 Å². The maximum atomic E-state index is 5.69. The third kappa shape index (κ3) is 7.86. The van der Waals surface area contributed by atoms with E-state index in [1.807, 2.05) is 0 Å². The zero-order chi connectivity index (χ0) is 11.0. The third-order valence-corrected chi connectivity index (χ3v) is 2.05. The molecule has 0 unspecified atom stereocenters. The summed E-state index contributed by atoms with van der Waals surface area (Å²) in [6, 6.07) is 0.410. The molecule has 0 aromatic heterocycles. The number of nitrogens with zero attached hydrogens (tertiary/aromatic N) is 2. The van der Waals surface area contributed by atoms with Gasteiger partial charge in [0, 0.05) is 12.6 Å². The summed E-state index contributed by atoms with van der Waals surface area (Å²) in [6.45, 7) is 6.08. The Balaban J connectivity index is 3.56. The second-order valence-corrected chi connectivity index (χ2v) is 3.88. The summed E-state index contributed by atoms with van der Waals surface area (Å²) in [4.78, 5) is 6.39. The molecule has 0 saturated carbocycles. The first-order valence-electron chi connectivity index (χ1n) is 5.27. The van der Waals surface area contributed by atoms with Crippen molar-refractivity contribution in [1.82, 2.24) is 10.2 Å². The van der Waals surface area contributed by atoms with Gasteiger partial charge in [-0.1, -0.05) is 6.92 Å². The molecule has 0 heterocycles. The van der Waals surface area contributed by atoms with Gasteiger partial charge in [0.15, 0.2) is 5.96 Å². The molecule has 0 rings (SSSR count). The third-order valence-electron chi connectivity index (χ3n) is 2.05. The van der Waals surface area contributed by atoms with Gasteiger partial charge in [-0.2, -0.15) is 0 Å². The van der Waals surface area contributed by atoms with Crippen LogP contribution in [0.3, 0.4) is 0 Å². The minimum atomic E-state index is 0.410. The lowest BCUT2D eigenvalue weighted by Gasteiger charge is -2.12. The van der Waals surface area contributed by atoms with E-state index in [2.05, 4.69) is 43.2 Å². The minimum absolute atomic E-state index is 0.410. The van der Waals surface area contributed by atoms with Crippen LogP contribution in [0.5, 0.6) is 0 Å². The van der Waals surface area contributed by atoms with Crippen LogP contribution in [0.1, 0.15) is 26.7 Å². The average molecular weight is 200 g/mol. The fraction of sp³-hybridized carbons (Fsp3) is 0.900. The zero-order valence-corrected chi connectivity index (χ0v) is 9.88. The van der Waals surface area contributed by atoms with E-state index >= 15 is 0 Å². The Morgan fingerprint density at radius 1 is 1.50 bits per heavy atom. The highest BCUT2D eigenvalue weighted by Crippen LogP contribution is 1.88. The highest BCUT2D eigenvalue weighted by Gasteiger charge is 1.98. The van der Waals surface area contributed by atoms with E-state index in [0.717, 1.165) is 25.9 Å². The van der Waals surface area contributed by atoms with E-state index in [9.17, 15) is 0 Å². The molecule has 3 N–H and O–H groups in total. The second-order valence-electron chi connectivity index (χ2n) is 3.88. The van der Waals surface area contributed by atoms with Crippen molar-refractivity contribution in [2.45, 2.75) is 32.7 Å². The van der Waals surface area contributed by atoms with Crippen LogP contribution in [0.25, 0.3) is 0 Å². The predicted octanol–water partition coefficient (Wildman–Crippen LogP) is 0.641. The zero-order valence-electron chi connectivity index (χ0n) is 9.88. The first kappa shape index (κ1) is 13.2. The standard InChI is InChI=1S/C10H24N4/c1-5-9(2)13-10(11)12-7-6-8-14(3)4/h9H,5-8H2,1-4H3,(H3,11,12,13)/t9-/m1/s1. The summed E-state index contributed by atoms with van der Waals surface area (Å²) < 4.78 is 0. The SMILES string of the molecule is CC[C@@H](C)NC(N)=NCCCN(C)C. The van der Waals surface area contributed by atoms with E-state index in [4.69, 9.17) is 5.73 Å². The molecule has 0 aromatic rings. The Kier molecular flexibility index (Phi) is 7.20. The highest BCUT2D eigenvalue weighted by atomic mass is 15.1. The second kappa shape index (κ2) is 7.62. The molecular formula is C10H24N4. The largest absolute Gasteiger partial charge is 0.370 e. The van der Waals surface area contributed by atoms with E-state index < -0.39 is 0 Å². The molecule has 0 spiro atoms. The monoisotopic (exact) mass is 200 g/mol. The Labute approximate surface area is 87.6 Å². The van der Waals surface area contributed by atoms with Gasteiger partial charge >= 0.3 is 0 Å². The van der Waals surface area contributed by atoms with Crippen LogP contribution in [0.4, 0.5) is 0 Å². The maximum absolute atomic E-state index is 5.69. The number of nitrogens with two attached hydrogens (primary N) is 1. The number of rotatable bonds is 6. The molecule has 0 fully saturated rings. The topological polar surface area (TPSA) is 53.6 Å². The van der Waals surface area contributed by atoms with Crippen LogP contribution in [-0.4, -0.2) is 44.1 Å². The lowest BCUT2D eigenvalue weighted by atomic mass is 10.3. The smallest absolute Gasteiger partial charge is 0.188 e. The molecule has 14 heavy (non-hydrogen) atoms. The Morgan fingerprint density at radius 3 is 2.64 bits per heavy atom. The fourth-order valence-electron chi connectivity index (χ4n) is 0.987. The van der Waals surface area contributed by atoms with Crippen molar-refractivity contribution in [3.8, 4) is 0 Å². The highest BCUT2D eigenvalue weighted by molar-refractivity contribution is 5.78. The van der Waals surface area contributed by atoms with Crippen LogP contribution in [0, 0.1) is 0 Å². The average Bonchev–Trinajstić information content (AvgIpc) is 2.12. The van der Waals surface area contributed by atoms with Gasteiger partial charge in [0.2, 0.25) is 0 Å². The Morgan fingerprint density at radius 2 is 2.14 bits per heavy atom. The van der Waals surface area contributed by atoms with Gasteiger partial charge in [-0.25, -0.2) is 0 Å². The molecule has 84 valence electrons. The number of guanidine groups is 1. The first-order valence-corrected chi connectivity index (χ1v) is 5.27. The van der Waals surface area contributed by atoms with Gasteiger partial charge in [-0.05, 0) is 40.4 Å². The molecule has 1 atom stereocenters. The van der Waals surface area contributed by atoms with Gasteiger partial charge < -0.3 is 16.0 Å². The summed E-state index contributed by atoms with van der Waals surface area (Å²) >= 11 is 0. The molecule has 0 radical (unpaired) electrons. The van der Waals surface area contributed by atoms with Crippen molar-refractivity contribution >= 4 is 5.96 Å².